The van der Waals surface area contributed by atoms with Gasteiger partial charge in [0.2, 0.25) is 10.0 Å². The maximum absolute atomic E-state index is 12.7. The number of benzene rings is 1. The quantitative estimate of drug-likeness (QED) is 0.364. The standard InChI is InChI=1S/C19H30N4O3S.HI/c20-19(22-9-5-1-2-6-10-22)21-15-17-7-3-4-8-18(17)16-27(24,25)23-11-13-26-14-12-23;/h3-4,7-8H,1-2,5-6,9-16H2,(H2,20,21);1H. The van der Waals surface area contributed by atoms with E-state index < -0.39 is 10.0 Å². The van der Waals surface area contributed by atoms with Gasteiger partial charge in [-0.25, -0.2) is 13.4 Å². The van der Waals surface area contributed by atoms with Crippen molar-refractivity contribution >= 4 is 40.0 Å². The molecule has 2 heterocycles. The zero-order valence-electron chi connectivity index (χ0n) is 16.3. The van der Waals surface area contributed by atoms with Gasteiger partial charge in [-0.2, -0.15) is 4.31 Å². The molecule has 28 heavy (non-hydrogen) atoms. The number of nitrogens with two attached hydrogens (primary N) is 1. The minimum atomic E-state index is -3.36. The van der Waals surface area contributed by atoms with Crippen LogP contribution in [-0.2, 0) is 27.1 Å². The van der Waals surface area contributed by atoms with Gasteiger partial charge >= 0.3 is 0 Å². The fourth-order valence-corrected chi connectivity index (χ4v) is 5.09. The molecule has 0 aromatic heterocycles. The molecule has 0 bridgehead atoms. The number of halogens is 1. The average Bonchev–Trinajstić information content (AvgIpc) is 2.97. The van der Waals surface area contributed by atoms with Crippen LogP contribution >= 0.6 is 24.0 Å². The van der Waals surface area contributed by atoms with E-state index in [1.165, 1.54) is 17.1 Å². The molecular formula is C19H31IN4O3S. The summed E-state index contributed by atoms with van der Waals surface area (Å²) in [6, 6.07) is 7.59. The van der Waals surface area contributed by atoms with E-state index in [-0.39, 0.29) is 29.7 Å². The molecule has 0 aliphatic carbocycles. The van der Waals surface area contributed by atoms with E-state index in [0.29, 0.717) is 38.8 Å². The smallest absolute Gasteiger partial charge is 0.218 e. The second kappa shape index (κ2) is 11.3. The van der Waals surface area contributed by atoms with Gasteiger partial charge < -0.3 is 15.4 Å². The van der Waals surface area contributed by atoms with Crippen molar-refractivity contribution in [3.8, 4) is 0 Å². The van der Waals surface area contributed by atoms with Gasteiger partial charge in [0.1, 0.15) is 0 Å². The largest absolute Gasteiger partial charge is 0.379 e. The van der Waals surface area contributed by atoms with Crippen LogP contribution in [0.5, 0.6) is 0 Å². The fourth-order valence-electron chi connectivity index (χ4n) is 3.53. The zero-order chi connectivity index (χ0) is 19.1. The number of sulfonamides is 1. The molecule has 0 radical (unpaired) electrons. The molecule has 0 atom stereocenters. The maximum Gasteiger partial charge on any atom is 0.218 e. The number of hydrogen-bond acceptors (Lipinski definition) is 4. The molecule has 0 unspecified atom stereocenters. The van der Waals surface area contributed by atoms with Gasteiger partial charge in [-0.1, -0.05) is 37.1 Å². The number of ether oxygens (including phenoxy) is 1. The van der Waals surface area contributed by atoms with Gasteiger partial charge in [-0.3, -0.25) is 0 Å². The first-order valence-electron chi connectivity index (χ1n) is 9.73. The lowest BCUT2D eigenvalue weighted by Gasteiger charge is -2.26. The molecule has 0 spiro atoms. The van der Waals surface area contributed by atoms with Crippen molar-refractivity contribution < 1.29 is 13.2 Å². The molecule has 0 saturated carbocycles. The van der Waals surface area contributed by atoms with Crippen LogP contribution in [0.2, 0.25) is 0 Å². The molecule has 2 fully saturated rings. The summed E-state index contributed by atoms with van der Waals surface area (Å²) in [6.45, 7) is 4.05. The first-order valence-corrected chi connectivity index (χ1v) is 11.3. The predicted molar refractivity (Wildman–Crippen MR) is 122 cm³/mol. The van der Waals surface area contributed by atoms with Crippen LogP contribution in [0, 0.1) is 0 Å². The van der Waals surface area contributed by atoms with Gasteiger partial charge in [0.25, 0.3) is 0 Å². The number of rotatable bonds is 5. The van der Waals surface area contributed by atoms with E-state index >= 15 is 0 Å². The van der Waals surface area contributed by atoms with Crippen LogP contribution in [-0.4, -0.2) is 63.0 Å². The van der Waals surface area contributed by atoms with Crippen LogP contribution < -0.4 is 5.73 Å². The topological polar surface area (TPSA) is 88.2 Å². The van der Waals surface area contributed by atoms with E-state index in [1.807, 2.05) is 24.3 Å². The third kappa shape index (κ3) is 6.57. The maximum atomic E-state index is 12.7. The molecule has 1 aromatic rings. The first-order chi connectivity index (χ1) is 13.1. The Morgan fingerprint density at radius 2 is 1.61 bits per heavy atom. The van der Waals surface area contributed by atoms with Gasteiger partial charge in [0.05, 0.1) is 25.5 Å². The Hall–Kier alpha value is -0.910. The lowest BCUT2D eigenvalue weighted by atomic mass is 10.1. The fraction of sp³-hybridized carbons (Fsp3) is 0.632. The Morgan fingerprint density at radius 1 is 1.00 bits per heavy atom. The van der Waals surface area contributed by atoms with Crippen molar-refractivity contribution in [2.45, 2.75) is 38.0 Å². The third-order valence-corrected chi connectivity index (χ3v) is 6.99. The molecule has 1 aromatic carbocycles. The van der Waals surface area contributed by atoms with Crippen LogP contribution in [0.15, 0.2) is 29.3 Å². The highest BCUT2D eigenvalue weighted by atomic mass is 127. The van der Waals surface area contributed by atoms with Gasteiger partial charge in [0.15, 0.2) is 5.96 Å². The Kier molecular flexibility index (Phi) is 9.45. The monoisotopic (exact) mass is 522 g/mol. The van der Waals surface area contributed by atoms with Crippen LogP contribution in [0.25, 0.3) is 0 Å². The predicted octanol–water partition coefficient (Wildman–Crippen LogP) is 2.16. The Morgan fingerprint density at radius 3 is 2.25 bits per heavy atom. The van der Waals surface area contributed by atoms with Crippen molar-refractivity contribution in [3.63, 3.8) is 0 Å². The Balaban J connectivity index is 0.00000280. The molecule has 2 aliphatic heterocycles. The van der Waals surface area contributed by atoms with Crippen molar-refractivity contribution in [3.05, 3.63) is 35.4 Å². The average molecular weight is 522 g/mol. The summed E-state index contributed by atoms with van der Waals surface area (Å²) in [5.74, 6) is 0.546. The second-order valence-corrected chi connectivity index (χ2v) is 9.08. The number of aliphatic imine (C=N–C) groups is 1. The summed E-state index contributed by atoms with van der Waals surface area (Å²) in [5, 5.41) is 0. The Bertz CT molecular complexity index is 743. The minimum absolute atomic E-state index is 0. The molecular weight excluding hydrogens is 491 g/mol. The van der Waals surface area contributed by atoms with E-state index in [2.05, 4.69) is 9.89 Å². The summed E-state index contributed by atoms with van der Waals surface area (Å²) in [6.07, 6.45) is 4.77. The number of likely N-dealkylation sites (tertiary alicyclic amines) is 1. The van der Waals surface area contributed by atoms with E-state index in [9.17, 15) is 8.42 Å². The number of nitrogens with zero attached hydrogens (tertiary/aromatic N) is 3. The number of hydrogen-bond donors (Lipinski definition) is 1. The normalized spacial score (nSPS) is 19.7. The molecule has 9 heteroatoms. The van der Waals surface area contributed by atoms with Gasteiger partial charge in [-0.05, 0) is 24.0 Å². The molecule has 2 N–H and O–H groups in total. The van der Waals surface area contributed by atoms with E-state index in [0.717, 1.165) is 37.1 Å². The highest BCUT2D eigenvalue weighted by Crippen LogP contribution is 2.18. The molecule has 7 nitrogen and oxygen atoms in total. The van der Waals surface area contributed by atoms with Crippen LogP contribution in [0.3, 0.4) is 0 Å². The van der Waals surface area contributed by atoms with Crippen LogP contribution in [0.4, 0.5) is 0 Å². The zero-order valence-corrected chi connectivity index (χ0v) is 19.4. The number of morpholine rings is 1. The highest BCUT2D eigenvalue weighted by molar-refractivity contribution is 14.0. The molecule has 3 rings (SSSR count). The van der Waals surface area contributed by atoms with Gasteiger partial charge in [-0.15, -0.1) is 24.0 Å². The van der Waals surface area contributed by atoms with Crippen molar-refractivity contribution in [2.24, 2.45) is 10.7 Å². The van der Waals surface area contributed by atoms with E-state index in [1.54, 1.807) is 0 Å². The lowest BCUT2D eigenvalue weighted by molar-refractivity contribution is 0.0729. The summed E-state index contributed by atoms with van der Waals surface area (Å²) >= 11 is 0. The summed E-state index contributed by atoms with van der Waals surface area (Å²) in [4.78, 5) is 6.69. The molecule has 158 valence electrons. The lowest BCUT2D eigenvalue weighted by Crippen LogP contribution is -2.41. The summed E-state index contributed by atoms with van der Waals surface area (Å²) < 4.78 is 32.2. The SMILES string of the molecule is I.NC(=NCc1ccccc1CS(=O)(=O)N1CCOCC1)N1CCCCCC1. The molecule has 2 saturated heterocycles. The van der Waals surface area contributed by atoms with Crippen molar-refractivity contribution in [2.75, 3.05) is 39.4 Å². The first kappa shape index (κ1) is 23.4. The number of guanidine groups is 1. The van der Waals surface area contributed by atoms with E-state index in [4.69, 9.17) is 10.5 Å². The van der Waals surface area contributed by atoms with Gasteiger partial charge in [0, 0.05) is 26.2 Å². The van der Waals surface area contributed by atoms with Crippen molar-refractivity contribution in [1.29, 1.82) is 0 Å². The van der Waals surface area contributed by atoms with Crippen molar-refractivity contribution in [1.82, 2.24) is 9.21 Å². The highest BCUT2D eigenvalue weighted by Gasteiger charge is 2.25. The Labute approximate surface area is 185 Å². The molecule has 2 aliphatic rings. The van der Waals surface area contributed by atoms with Crippen LogP contribution in [0.1, 0.15) is 36.8 Å². The summed E-state index contributed by atoms with van der Waals surface area (Å²) in [7, 11) is -3.36. The third-order valence-electron chi connectivity index (χ3n) is 5.16. The molecule has 0 amide bonds. The second-order valence-electron chi connectivity index (χ2n) is 7.11. The minimum Gasteiger partial charge on any atom is -0.379 e. The summed E-state index contributed by atoms with van der Waals surface area (Å²) in [5.41, 5.74) is 7.89.